The summed E-state index contributed by atoms with van der Waals surface area (Å²) in [5.74, 6) is 0.786. The highest BCUT2D eigenvalue weighted by Gasteiger charge is 2.20. The lowest BCUT2D eigenvalue weighted by atomic mass is 10.1. The number of likely N-dealkylation sites (tertiary alicyclic amines) is 1. The Morgan fingerprint density at radius 1 is 1.35 bits per heavy atom. The second kappa shape index (κ2) is 8.47. The summed E-state index contributed by atoms with van der Waals surface area (Å²) in [5, 5.41) is 6.25. The van der Waals surface area contributed by atoms with Crippen molar-refractivity contribution in [2.75, 3.05) is 39.3 Å². The van der Waals surface area contributed by atoms with Crippen LogP contribution in [0.3, 0.4) is 0 Å². The predicted molar refractivity (Wildman–Crippen MR) is 81.9 cm³/mol. The van der Waals surface area contributed by atoms with E-state index in [0.29, 0.717) is 6.54 Å². The lowest BCUT2D eigenvalue weighted by Gasteiger charge is -2.19. The van der Waals surface area contributed by atoms with Crippen molar-refractivity contribution in [1.82, 2.24) is 15.5 Å². The minimum Gasteiger partial charge on any atom is -0.444 e. The van der Waals surface area contributed by atoms with Crippen LogP contribution in [0.15, 0.2) is 0 Å². The number of nitrogens with zero attached hydrogens (tertiary/aromatic N) is 1. The molecule has 0 aromatic heterocycles. The molecule has 1 saturated heterocycles. The fraction of sp³-hybridized carbons (Fsp3) is 0.933. The zero-order valence-electron chi connectivity index (χ0n) is 13.5. The van der Waals surface area contributed by atoms with Crippen molar-refractivity contribution in [2.24, 2.45) is 5.92 Å². The fourth-order valence-corrected chi connectivity index (χ4v) is 2.39. The number of carbonyl (C=O) groups excluding carboxylic acids is 1. The van der Waals surface area contributed by atoms with Crippen molar-refractivity contribution in [2.45, 2.75) is 46.1 Å². The standard InChI is InChI=1S/C15H31N3O2/c1-5-18-10-7-13(12-18)11-16-8-6-9-17-14(19)20-15(2,3)4/h13,16H,5-12H2,1-4H3,(H,17,19). The first kappa shape index (κ1) is 17.2. The van der Waals surface area contributed by atoms with Gasteiger partial charge in [0, 0.05) is 13.1 Å². The van der Waals surface area contributed by atoms with Crippen LogP contribution in [-0.2, 0) is 4.74 Å². The van der Waals surface area contributed by atoms with Gasteiger partial charge in [-0.1, -0.05) is 6.92 Å². The van der Waals surface area contributed by atoms with E-state index >= 15 is 0 Å². The van der Waals surface area contributed by atoms with Crippen LogP contribution in [0.1, 0.15) is 40.5 Å². The highest BCUT2D eigenvalue weighted by molar-refractivity contribution is 5.67. The van der Waals surface area contributed by atoms with Crippen LogP contribution in [0.25, 0.3) is 0 Å². The SMILES string of the molecule is CCN1CCC(CNCCCNC(=O)OC(C)(C)C)C1. The van der Waals surface area contributed by atoms with Crippen LogP contribution in [0.4, 0.5) is 4.79 Å². The number of rotatable bonds is 7. The molecule has 1 rings (SSSR count). The van der Waals surface area contributed by atoms with Crippen LogP contribution in [0.5, 0.6) is 0 Å². The Kier molecular flexibility index (Phi) is 7.30. The molecule has 0 aromatic carbocycles. The Labute approximate surface area is 123 Å². The van der Waals surface area contributed by atoms with Crippen molar-refractivity contribution in [1.29, 1.82) is 0 Å². The van der Waals surface area contributed by atoms with E-state index in [1.54, 1.807) is 0 Å². The lowest BCUT2D eigenvalue weighted by molar-refractivity contribution is 0.0527. The van der Waals surface area contributed by atoms with Crippen LogP contribution in [0.2, 0.25) is 0 Å². The van der Waals surface area contributed by atoms with Gasteiger partial charge in [0.25, 0.3) is 0 Å². The zero-order valence-corrected chi connectivity index (χ0v) is 13.5. The Morgan fingerprint density at radius 3 is 2.70 bits per heavy atom. The molecule has 118 valence electrons. The molecule has 5 nitrogen and oxygen atoms in total. The third-order valence-electron chi connectivity index (χ3n) is 3.45. The van der Waals surface area contributed by atoms with Gasteiger partial charge >= 0.3 is 6.09 Å². The number of hydrogen-bond donors (Lipinski definition) is 2. The van der Waals surface area contributed by atoms with Crippen LogP contribution in [0, 0.1) is 5.92 Å². The Balaban J connectivity index is 1.94. The minimum atomic E-state index is -0.421. The molecule has 0 radical (unpaired) electrons. The van der Waals surface area contributed by atoms with Gasteiger partial charge in [0.1, 0.15) is 5.60 Å². The van der Waals surface area contributed by atoms with Crippen LogP contribution >= 0.6 is 0 Å². The molecule has 0 bridgehead atoms. The molecule has 0 aliphatic carbocycles. The summed E-state index contributed by atoms with van der Waals surface area (Å²) in [5.41, 5.74) is -0.421. The van der Waals surface area contributed by atoms with Gasteiger partial charge in [-0.15, -0.1) is 0 Å². The minimum absolute atomic E-state index is 0.327. The topological polar surface area (TPSA) is 53.6 Å². The number of alkyl carbamates (subject to hydrolysis) is 1. The molecule has 20 heavy (non-hydrogen) atoms. The molecule has 1 aliphatic heterocycles. The summed E-state index contributed by atoms with van der Waals surface area (Å²) < 4.78 is 5.17. The van der Waals surface area contributed by atoms with Crippen LogP contribution in [-0.4, -0.2) is 55.9 Å². The van der Waals surface area contributed by atoms with E-state index in [1.165, 1.54) is 19.5 Å². The molecular weight excluding hydrogens is 254 g/mol. The van der Waals surface area contributed by atoms with E-state index in [1.807, 2.05) is 20.8 Å². The van der Waals surface area contributed by atoms with E-state index in [-0.39, 0.29) is 6.09 Å². The molecule has 1 atom stereocenters. The molecule has 0 saturated carbocycles. The molecule has 1 aliphatic rings. The molecular formula is C15H31N3O2. The molecule has 1 fully saturated rings. The van der Waals surface area contributed by atoms with Crippen molar-refractivity contribution in [3.05, 3.63) is 0 Å². The first-order valence-electron chi connectivity index (χ1n) is 7.80. The maximum Gasteiger partial charge on any atom is 0.407 e. The van der Waals surface area contributed by atoms with Crippen molar-refractivity contribution >= 4 is 6.09 Å². The van der Waals surface area contributed by atoms with Gasteiger partial charge in [-0.25, -0.2) is 4.79 Å². The van der Waals surface area contributed by atoms with Gasteiger partial charge in [0.05, 0.1) is 0 Å². The van der Waals surface area contributed by atoms with E-state index < -0.39 is 5.60 Å². The monoisotopic (exact) mass is 285 g/mol. The third-order valence-corrected chi connectivity index (χ3v) is 3.45. The molecule has 1 heterocycles. The molecule has 0 spiro atoms. The quantitative estimate of drug-likeness (QED) is 0.701. The highest BCUT2D eigenvalue weighted by Crippen LogP contribution is 2.14. The normalized spacial score (nSPS) is 20.1. The molecule has 0 aromatic rings. The predicted octanol–water partition coefficient (Wildman–Crippen LogP) is 1.83. The van der Waals surface area contributed by atoms with Gasteiger partial charge in [-0.3, -0.25) is 0 Å². The van der Waals surface area contributed by atoms with E-state index in [9.17, 15) is 4.79 Å². The van der Waals surface area contributed by atoms with Gasteiger partial charge in [0.2, 0.25) is 0 Å². The Morgan fingerprint density at radius 2 is 2.10 bits per heavy atom. The second-order valence-corrected chi connectivity index (χ2v) is 6.53. The first-order chi connectivity index (χ1) is 9.40. The maximum atomic E-state index is 11.4. The molecule has 5 heteroatoms. The first-order valence-corrected chi connectivity index (χ1v) is 7.80. The zero-order chi connectivity index (χ0) is 15.0. The number of amides is 1. The highest BCUT2D eigenvalue weighted by atomic mass is 16.6. The smallest absolute Gasteiger partial charge is 0.407 e. The maximum absolute atomic E-state index is 11.4. The van der Waals surface area contributed by atoms with Gasteiger partial charge < -0.3 is 20.3 Å². The molecule has 2 N–H and O–H groups in total. The van der Waals surface area contributed by atoms with Gasteiger partial charge in [0.15, 0.2) is 0 Å². The number of ether oxygens (including phenoxy) is 1. The Bertz CT molecular complexity index is 289. The van der Waals surface area contributed by atoms with E-state index in [4.69, 9.17) is 4.74 Å². The number of hydrogen-bond acceptors (Lipinski definition) is 4. The average molecular weight is 285 g/mol. The van der Waals surface area contributed by atoms with E-state index in [0.717, 1.165) is 32.0 Å². The average Bonchev–Trinajstić information content (AvgIpc) is 2.79. The third kappa shape index (κ3) is 7.70. The number of carbonyl (C=O) groups is 1. The van der Waals surface area contributed by atoms with Crippen molar-refractivity contribution in [3.8, 4) is 0 Å². The van der Waals surface area contributed by atoms with Crippen LogP contribution < -0.4 is 10.6 Å². The van der Waals surface area contributed by atoms with Crippen molar-refractivity contribution < 1.29 is 9.53 Å². The summed E-state index contributed by atoms with van der Waals surface area (Å²) in [6, 6.07) is 0. The summed E-state index contributed by atoms with van der Waals surface area (Å²) >= 11 is 0. The second-order valence-electron chi connectivity index (χ2n) is 6.53. The van der Waals surface area contributed by atoms with E-state index in [2.05, 4.69) is 22.5 Å². The van der Waals surface area contributed by atoms with Gasteiger partial charge in [-0.2, -0.15) is 0 Å². The fourth-order valence-electron chi connectivity index (χ4n) is 2.39. The molecule has 1 unspecified atom stereocenters. The number of nitrogens with one attached hydrogen (secondary N) is 2. The summed E-state index contributed by atoms with van der Waals surface area (Å²) in [6.07, 6.45) is 1.91. The Hall–Kier alpha value is -0.810. The summed E-state index contributed by atoms with van der Waals surface area (Å²) in [4.78, 5) is 13.9. The summed E-state index contributed by atoms with van der Waals surface area (Å²) in [6.45, 7) is 14.1. The largest absolute Gasteiger partial charge is 0.444 e. The molecule has 1 amide bonds. The lowest BCUT2D eigenvalue weighted by Crippen LogP contribution is -2.34. The van der Waals surface area contributed by atoms with Gasteiger partial charge in [-0.05, 0) is 65.7 Å². The summed E-state index contributed by atoms with van der Waals surface area (Å²) in [7, 11) is 0. The van der Waals surface area contributed by atoms with Crippen molar-refractivity contribution in [3.63, 3.8) is 0 Å².